The van der Waals surface area contributed by atoms with Gasteiger partial charge in [-0.05, 0) is 42.4 Å². The molecule has 27 heavy (non-hydrogen) atoms. The highest BCUT2D eigenvalue weighted by molar-refractivity contribution is 7.80. The summed E-state index contributed by atoms with van der Waals surface area (Å²) in [6, 6.07) is 18.0. The van der Waals surface area contributed by atoms with E-state index in [1.54, 1.807) is 6.21 Å². The molecule has 2 atom stereocenters. The third-order valence-corrected chi connectivity index (χ3v) is 5.70. The summed E-state index contributed by atoms with van der Waals surface area (Å²) in [6.07, 6.45) is 2.84. The lowest BCUT2D eigenvalue weighted by Crippen LogP contribution is -2.46. The zero-order valence-electron chi connectivity index (χ0n) is 14.9. The molecule has 2 aromatic rings. The second kappa shape index (κ2) is 7.84. The molecule has 2 aromatic carbocycles. The molecule has 4 rings (SSSR count). The predicted molar refractivity (Wildman–Crippen MR) is 115 cm³/mol. The molecule has 0 radical (unpaired) electrons. The number of nitrogens with one attached hydrogen (secondary N) is 1. The smallest absolute Gasteiger partial charge is 0.184 e. The van der Waals surface area contributed by atoms with E-state index in [0.717, 1.165) is 25.2 Å². The van der Waals surface area contributed by atoms with Crippen molar-refractivity contribution in [3.05, 3.63) is 64.7 Å². The van der Waals surface area contributed by atoms with Gasteiger partial charge >= 0.3 is 0 Å². The van der Waals surface area contributed by atoms with Gasteiger partial charge in [0.15, 0.2) is 5.11 Å². The second-order valence-corrected chi connectivity index (χ2v) is 7.90. The van der Waals surface area contributed by atoms with Crippen LogP contribution in [0.4, 0.5) is 5.69 Å². The summed E-state index contributed by atoms with van der Waals surface area (Å²) >= 11 is 11.2. The van der Waals surface area contributed by atoms with Gasteiger partial charge in [0.25, 0.3) is 0 Å². The Morgan fingerprint density at radius 3 is 2.70 bits per heavy atom. The summed E-state index contributed by atoms with van der Waals surface area (Å²) in [5.74, 6) is 0. The fraction of sp³-hybridized carbons (Fsp3) is 0.300. The molecule has 0 amide bonds. The Balaban J connectivity index is 1.41. The van der Waals surface area contributed by atoms with Crippen LogP contribution in [0, 0.1) is 0 Å². The van der Waals surface area contributed by atoms with Crippen molar-refractivity contribution in [1.29, 1.82) is 0 Å². The third-order valence-electron chi connectivity index (χ3n) is 5.28. The number of hydrazone groups is 1. The standard InChI is InChI=1S/C20H22ClN5S/c21-19-9-16(7-6-15(19)10-23-24-20(22)27)26-13-17-8-18(26)12-25(17)11-14-4-2-1-3-5-14/h1-7,9-10,17-18H,8,11-13H2,(H3,22,24,27)/t17-,18-/m0/s1. The van der Waals surface area contributed by atoms with Crippen LogP contribution < -0.4 is 16.1 Å². The fourth-order valence-corrected chi connectivity index (χ4v) is 4.32. The Kier molecular flexibility index (Phi) is 5.29. The lowest BCUT2D eigenvalue weighted by molar-refractivity contribution is 0.230. The number of piperazine rings is 1. The Hall–Kier alpha value is -2.15. The number of likely N-dealkylation sites (tertiary alicyclic amines) is 1. The predicted octanol–water partition coefficient (Wildman–Crippen LogP) is 2.97. The van der Waals surface area contributed by atoms with Crippen molar-refractivity contribution in [1.82, 2.24) is 10.3 Å². The zero-order chi connectivity index (χ0) is 18.8. The third kappa shape index (κ3) is 4.08. The summed E-state index contributed by atoms with van der Waals surface area (Å²) in [7, 11) is 0. The molecule has 0 saturated carbocycles. The fourth-order valence-electron chi connectivity index (χ4n) is 4.04. The molecular weight excluding hydrogens is 378 g/mol. The van der Waals surface area contributed by atoms with Crippen molar-refractivity contribution >= 4 is 40.8 Å². The highest BCUT2D eigenvalue weighted by Gasteiger charge is 2.43. The van der Waals surface area contributed by atoms with Crippen LogP contribution in [0.1, 0.15) is 17.5 Å². The first-order chi connectivity index (χ1) is 13.1. The lowest BCUT2D eigenvalue weighted by Gasteiger charge is -2.35. The van der Waals surface area contributed by atoms with E-state index < -0.39 is 0 Å². The number of nitrogens with two attached hydrogens (primary N) is 1. The van der Waals surface area contributed by atoms with E-state index in [0.29, 0.717) is 17.1 Å². The van der Waals surface area contributed by atoms with Crippen LogP contribution in [0.5, 0.6) is 0 Å². The van der Waals surface area contributed by atoms with Gasteiger partial charge in [-0.3, -0.25) is 10.3 Å². The molecule has 7 heteroatoms. The first kappa shape index (κ1) is 18.2. The van der Waals surface area contributed by atoms with Gasteiger partial charge in [-0.25, -0.2) is 0 Å². The van der Waals surface area contributed by atoms with Crippen molar-refractivity contribution in [2.45, 2.75) is 25.0 Å². The van der Waals surface area contributed by atoms with Crippen LogP contribution in [-0.2, 0) is 6.54 Å². The maximum Gasteiger partial charge on any atom is 0.184 e. The minimum Gasteiger partial charge on any atom is -0.375 e. The average molecular weight is 400 g/mol. The molecule has 2 aliphatic heterocycles. The molecule has 0 aromatic heterocycles. The SMILES string of the molecule is NC(=S)NN=Cc1ccc(N2C[C@@H]3C[C@H]2CN3Cc2ccccc2)cc1Cl. The monoisotopic (exact) mass is 399 g/mol. The van der Waals surface area contributed by atoms with Gasteiger partial charge in [0.2, 0.25) is 0 Å². The highest BCUT2D eigenvalue weighted by atomic mass is 35.5. The van der Waals surface area contributed by atoms with Crippen LogP contribution in [0.3, 0.4) is 0 Å². The van der Waals surface area contributed by atoms with Crippen LogP contribution in [0.25, 0.3) is 0 Å². The number of benzene rings is 2. The lowest BCUT2D eigenvalue weighted by atomic mass is 10.1. The molecule has 2 aliphatic rings. The van der Waals surface area contributed by atoms with E-state index in [1.165, 1.54) is 17.7 Å². The summed E-state index contributed by atoms with van der Waals surface area (Å²) in [5, 5.41) is 4.77. The topological polar surface area (TPSA) is 56.9 Å². The Bertz CT molecular complexity index is 857. The highest BCUT2D eigenvalue weighted by Crippen LogP contribution is 2.36. The van der Waals surface area contributed by atoms with E-state index in [2.05, 4.69) is 56.7 Å². The van der Waals surface area contributed by atoms with Crippen molar-refractivity contribution < 1.29 is 0 Å². The number of hydrogen-bond acceptors (Lipinski definition) is 4. The van der Waals surface area contributed by atoms with E-state index in [4.69, 9.17) is 29.6 Å². The molecule has 0 aliphatic carbocycles. The zero-order valence-corrected chi connectivity index (χ0v) is 16.5. The molecule has 0 unspecified atom stereocenters. The number of hydrogen-bond donors (Lipinski definition) is 2. The maximum absolute atomic E-state index is 6.44. The molecule has 2 fully saturated rings. The summed E-state index contributed by atoms with van der Waals surface area (Å²) in [6.45, 7) is 3.17. The molecule has 140 valence electrons. The molecular formula is C20H22ClN5S. The van der Waals surface area contributed by atoms with E-state index in [9.17, 15) is 0 Å². The Morgan fingerprint density at radius 2 is 2.04 bits per heavy atom. The maximum atomic E-state index is 6.44. The van der Waals surface area contributed by atoms with Crippen molar-refractivity contribution in [2.24, 2.45) is 10.8 Å². The minimum atomic E-state index is 0.132. The van der Waals surface area contributed by atoms with Gasteiger partial charge in [-0.15, -0.1) is 0 Å². The number of halogens is 1. The van der Waals surface area contributed by atoms with Crippen LogP contribution in [0.2, 0.25) is 5.02 Å². The normalized spacial score (nSPS) is 21.9. The molecule has 0 spiro atoms. The number of fused-ring (bicyclic) bond motifs is 2. The number of anilines is 1. The first-order valence-electron chi connectivity index (χ1n) is 9.03. The van der Waals surface area contributed by atoms with Gasteiger partial charge in [0, 0.05) is 43.0 Å². The van der Waals surface area contributed by atoms with Crippen molar-refractivity contribution in [3.63, 3.8) is 0 Å². The van der Waals surface area contributed by atoms with Crippen LogP contribution in [-0.4, -0.2) is 41.4 Å². The second-order valence-electron chi connectivity index (χ2n) is 7.05. The summed E-state index contributed by atoms with van der Waals surface area (Å²) < 4.78 is 0. The van der Waals surface area contributed by atoms with E-state index in [-0.39, 0.29) is 5.11 Å². The number of thiocarbonyl (C=S) groups is 1. The number of rotatable bonds is 5. The van der Waals surface area contributed by atoms with Crippen molar-refractivity contribution in [2.75, 3.05) is 18.0 Å². The number of nitrogens with zero attached hydrogens (tertiary/aromatic N) is 3. The molecule has 5 nitrogen and oxygen atoms in total. The Morgan fingerprint density at radius 1 is 1.22 bits per heavy atom. The largest absolute Gasteiger partial charge is 0.375 e. The molecule has 2 saturated heterocycles. The van der Waals surface area contributed by atoms with E-state index in [1.807, 2.05) is 12.1 Å². The molecule has 3 N–H and O–H groups in total. The summed E-state index contributed by atoms with van der Waals surface area (Å²) in [4.78, 5) is 5.08. The van der Waals surface area contributed by atoms with Crippen LogP contribution >= 0.6 is 23.8 Å². The molecule has 2 heterocycles. The molecule has 2 bridgehead atoms. The van der Waals surface area contributed by atoms with Gasteiger partial charge in [0.1, 0.15) is 0 Å². The van der Waals surface area contributed by atoms with E-state index >= 15 is 0 Å². The quantitative estimate of drug-likeness (QED) is 0.460. The Labute approximate surface area is 169 Å². The van der Waals surface area contributed by atoms with Gasteiger partial charge in [-0.2, -0.15) is 5.10 Å². The van der Waals surface area contributed by atoms with Crippen molar-refractivity contribution in [3.8, 4) is 0 Å². The average Bonchev–Trinajstić information content (AvgIpc) is 3.24. The first-order valence-corrected chi connectivity index (χ1v) is 9.81. The van der Waals surface area contributed by atoms with Gasteiger partial charge < -0.3 is 10.6 Å². The minimum absolute atomic E-state index is 0.132. The summed E-state index contributed by atoms with van der Waals surface area (Å²) in [5.41, 5.74) is 11.3. The van der Waals surface area contributed by atoms with Crippen LogP contribution in [0.15, 0.2) is 53.6 Å². The van der Waals surface area contributed by atoms with Gasteiger partial charge in [0.05, 0.1) is 11.2 Å². The van der Waals surface area contributed by atoms with Gasteiger partial charge in [-0.1, -0.05) is 41.9 Å².